The van der Waals surface area contributed by atoms with Crippen LogP contribution in [0, 0.1) is 5.82 Å². The van der Waals surface area contributed by atoms with Crippen LogP contribution < -0.4 is 15.2 Å². The molecule has 5 nitrogen and oxygen atoms in total. The van der Waals surface area contributed by atoms with Crippen molar-refractivity contribution >= 4 is 5.91 Å². The quantitative estimate of drug-likeness (QED) is 0.395. The Morgan fingerprint density at radius 3 is 2.35 bits per heavy atom. The van der Waals surface area contributed by atoms with Gasteiger partial charge in [0, 0.05) is 12.6 Å². The van der Waals surface area contributed by atoms with Crippen molar-refractivity contribution in [1.82, 2.24) is 4.90 Å². The third kappa shape index (κ3) is 5.56. The van der Waals surface area contributed by atoms with E-state index in [1.54, 1.807) is 24.3 Å². The topological polar surface area (TPSA) is 64.8 Å². The minimum absolute atomic E-state index is 0.00431. The van der Waals surface area contributed by atoms with Crippen molar-refractivity contribution in [2.24, 2.45) is 5.73 Å². The van der Waals surface area contributed by atoms with Crippen molar-refractivity contribution in [2.45, 2.75) is 37.5 Å². The number of benzene rings is 3. The van der Waals surface area contributed by atoms with E-state index in [0.29, 0.717) is 36.1 Å². The van der Waals surface area contributed by atoms with E-state index in [9.17, 15) is 22.4 Å². The maximum atomic E-state index is 13.7. The van der Waals surface area contributed by atoms with Crippen molar-refractivity contribution in [3.05, 3.63) is 94.3 Å². The molecule has 1 aliphatic heterocycles. The number of carbonyl (C=O) groups is 1. The summed E-state index contributed by atoms with van der Waals surface area (Å²) in [4.78, 5) is 14.7. The zero-order valence-corrected chi connectivity index (χ0v) is 20.5. The largest absolute Gasteiger partial charge is 0.493 e. The lowest BCUT2D eigenvalue weighted by Gasteiger charge is -2.42. The van der Waals surface area contributed by atoms with Crippen LogP contribution in [0.3, 0.4) is 0 Å². The summed E-state index contributed by atoms with van der Waals surface area (Å²) in [6.45, 7) is 0.450. The van der Waals surface area contributed by atoms with Gasteiger partial charge < -0.3 is 15.2 Å². The number of nitrogens with zero attached hydrogens (tertiary/aromatic N) is 1. The Kier molecular flexibility index (Phi) is 7.73. The highest BCUT2D eigenvalue weighted by Crippen LogP contribution is 2.43. The number of ether oxygens (including phenoxy) is 2. The molecule has 37 heavy (non-hydrogen) atoms. The van der Waals surface area contributed by atoms with Crippen LogP contribution in [-0.2, 0) is 23.8 Å². The molecule has 196 valence electrons. The van der Waals surface area contributed by atoms with E-state index < -0.39 is 35.5 Å². The summed E-state index contributed by atoms with van der Waals surface area (Å²) in [5.74, 6) is -0.490. The van der Waals surface area contributed by atoms with Crippen molar-refractivity contribution in [1.29, 1.82) is 0 Å². The third-order valence-electron chi connectivity index (χ3n) is 6.82. The first-order valence-electron chi connectivity index (χ1n) is 11.8. The summed E-state index contributed by atoms with van der Waals surface area (Å²) in [5.41, 5.74) is 7.32. The molecule has 1 unspecified atom stereocenters. The molecule has 1 aliphatic rings. The van der Waals surface area contributed by atoms with Gasteiger partial charge in [-0.15, -0.1) is 0 Å². The number of alkyl halides is 3. The summed E-state index contributed by atoms with van der Waals surface area (Å²) >= 11 is 0. The Morgan fingerprint density at radius 1 is 1.05 bits per heavy atom. The molecule has 3 aromatic carbocycles. The predicted molar refractivity (Wildman–Crippen MR) is 131 cm³/mol. The van der Waals surface area contributed by atoms with E-state index in [0.717, 1.165) is 17.2 Å². The Morgan fingerprint density at radius 2 is 1.73 bits per heavy atom. The normalized spacial score (nSPS) is 16.6. The van der Waals surface area contributed by atoms with Crippen molar-refractivity contribution in [3.8, 4) is 11.5 Å². The number of nitrogens with two attached hydrogens (primary N) is 1. The monoisotopic (exact) mass is 516 g/mol. The summed E-state index contributed by atoms with van der Waals surface area (Å²) < 4.78 is 65.7. The number of halogens is 4. The molecule has 3 aromatic rings. The summed E-state index contributed by atoms with van der Waals surface area (Å²) in [6.07, 6.45) is -3.89. The Hall–Kier alpha value is -3.59. The molecule has 2 atom stereocenters. The van der Waals surface area contributed by atoms with Crippen LogP contribution >= 0.6 is 0 Å². The first-order chi connectivity index (χ1) is 17.6. The van der Waals surface area contributed by atoms with Crippen LogP contribution in [0.1, 0.15) is 46.3 Å². The summed E-state index contributed by atoms with van der Waals surface area (Å²) in [5, 5.41) is 0. The zero-order valence-electron chi connectivity index (χ0n) is 20.5. The molecule has 2 N–H and O–H groups in total. The molecule has 0 aliphatic carbocycles. The van der Waals surface area contributed by atoms with E-state index >= 15 is 0 Å². The van der Waals surface area contributed by atoms with Gasteiger partial charge in [-0.3, -0.25) is 9.69 Å². The molecule has 0 saturated carbocycles. The second kappa shape index (κ2) is 10.8. The van der Waals surface area contributed by atoms with Crippen molar-refractivity contribution in [3.63, 3.8) is 0 Å². The standard InChI is InChI=1S/C28H28F4N2O3/c1-36-24-14-19-12-13-34(26(27(33)35)18-6-4-3-5-7-18)23(21(19)16-25(24)37-2)11-9-17-8-10-20(29)15-22(17)28(30,31)32/h3-8,10,14-16,23,26H,9,11-13H2,1-2H3,(H2,33,35)/t23-,26?/m0/s1. The van der Waals surface area contributed by atoms with E-state index in [4.69, 9.17) is 15.2 Å². The molecular weight excluding hydrogens is 488 g/mol. The van der Waals surface area contributed by atoms with Gasteiger partial charge in [0.2, 0.25) is 5.91 Å². The molecule has 1 heterocycles. The summed E-state index contributed by atoms with van der Waals surface area (Å²) in [7, 11) is 3.03. The number of amides is 1. The average Bonchev–Trinajstić information content (AvgIpc) is 2.87. The molecule has 4 rings (SSSR count). The summed E-state index contributed by atoms with van der Waals surface area (Å²) in [6, 6.07) is 14.2. The lowest BCUT2D eigenvalue weighted by atomic mass is 9.85. The van der Waals surface area contributed by atoms with Gasteiger partial charge in [0.25, 0.3) is 0 Å². The van der Waals surface area contributed by atoms with Crippen LogP contribution in [0.5, 0.6) is 11.5 Å². The number of carbonyl (C=O) groups excluding carboxylic acids is 1. The molecule has 0 aromatic heterocycles. The van der Waals surface area contributed by atoms with Crippen LogP contribution in [0.4, 0.5) is 17.6 Å². The Labute approximate surface area is 212 Å². The molecule has 0 spiro atoms. The number of aryl methyl sites for hydroxylation is 1. The Bertz CT molecular complexity index is 1260. The Balaban J connectivity index is 1.79. The zero-order chi connectivity index (χ0) is 26.7. The highest BCUT2D eigenvalue weighted by Gasteiger charge is 2.38. The number of hydrogen-bond acceptors (Lipinski definition) is 4. The van der Waals surface area contributed by atoms with Gasteiger partial charge >= 0.3 is 6.18 Å². The number of hydrogen-bond donors (Lipinski definition) is 1. The van der Waals surface area contributed by atoms with Crippen LogP contribution in [0.15, 0.2) is 60.7 Å². The maximum Gasteiger partial charge on any atom is 0.416 e. The molecule has 1 amide bonds. The van der Waals surface area contributed by atoms with Gasteiger partial charge in [0.1, 0.15) is 11.9 Å². The first kappa shape index (κ1) is 26.5. The lowest BCUT2D eigenvalue weighted by molar-refractivity contribution is -0.138. The van der Waals surface area contributed by atoms with Gasteiger partial charge in [0.15, 0.2) is 11.5 Å². The molecular formula is C28H28F4N2O3. The highest BCUT2D eigenvalue weighted by molar-refractivity contribution is 5.81. The second-order valence-corrected chi connectivity index (χ2v) is 8.96. The van der Waals surface area contributed by atoms with E-state index in [1.165, 1.54) is 20.3 Å². The van der Waals surface area contributed by atoms with Gasteiger partial charge in [0.05, 0.1) is 19.8 Å². The SMILES string of the molecule is COc1cc2c(cc1OC)[C@H](CCc1ccc(F)cc1C(F)(F)F)N(C(C(N)=O)c1ccccc1)CC2. The highest BCUT2D eigenvalue weighted by atomic mass is 19.4. The first-order valence-corrected chi connectivity index (χ1v) is 11.8. The van der Waals surface area contributed by atoms with Gasteiger partial charge in [-0.1, -0.05) is 36.4 Å². The minimum atomic E-state index is -4.70. The number of rotatable bonds is 8. The van der Waals surface area contributed by atoms with Gasteiger partial charge in [-0.05, 0) is 65.8 Å². The minimum Gasteiger partial charge on any atom is -0.493 e. The fourth-order valence-electron chi connectivity index (χ4n) is 5.16. The fraction of sp³-hybridized carbons (Fsp3) is 0.321. The van der Waals surface area contributed by atoms with Crippen LogP contribution in [-0.4, -0.2) is 31.6 Å². The smallest absolute Gasteiger partial charge is 0.416 e. The van der Waals surface area contributed by atoms with E-state index in [1.807, 2.05) is 23.1 Å². The average molecular weight is 517 g/mol. The molecule has 0 bridgehead atoms. The molecule has 0 fully saturated rings. The molecule has 0 radical (unpaired) electrons. The second-order valence-electron chi connectivity index (χ2n) is 8.96. The molecule has 0 saturated heterocycles. The number of fused-ring (bicyclic) bond motifs is 1. The van der Waals surface area contributed by atoms with Gasteiger partial charge in [-0.25, -0.2) is 4.39 Å². The maximum absolute atomic E-state index is 13.7. The van der Waals surface area contributed by atoms with Crippen LogP contribution in [0.2, 0.25) is 0 Å². The third-order valence-corrected chi connectivity index (χ3v) is 6.82. The number of primary amides is 1. The van der Waals surface area contributed by atoms with Crippen molar-refractivity contribution in [2.75, 3.05) is 20.8 Å². The van der Waals surface area contributed by atoms with Gasteiger partial charge in [-0.2, -0.15) is 13.2 Å². The number of methoxy groups -OCH3 is 2. The van der Waals surface area contributed by atoms with E-state index in [2.05, 4.69) is 0 Å². The fourth-order valence-corrected chi connectivity index (χ4v) is 5.16. The molecule has 9 heteroatoms. The van der Waals surface area contributed by atoms with Crippen LogP contribution in [0.25, 0.3) is 0 Å². The van der Waals surface area contributed by atoms with E-state index in [-0.39, 0.29) is 18.4 Å². The predicted octanol–water partition coefficient (Wildman–Crippen LogP) is 5.62. The lowest BCUT2D eigenvalue weighted by Crippen LogP contribution is -2.44. The van der Waals surface area contributed by atoms with Crippen molar-refractivity contribution < 1.29 is 31.8 Å².